The van der Waals surface area contributed by atoms with E-state index in [2.05, 4.69) is 26.8 Å². The van der Waals surface area contributed by atoms with Gasteiger partial charge >= 0.3 is 0 Å². The number of pyridine rings is 1. The molecule has 0 amide bonds. The molecule has 0 spiro atoms. The molecule has 0 saturated carbocycles. The lowest BCUT2D eigenvalue weighted by Crippen LogP contribution is -2.20. The maximum Gasteiger partial charge on any atom is 0.108 e. The van der Waals surface area contributed by atoms with Crippen molar-refractivity contribution >= 4 is 0 Å². The summed E-state index contributed by atoms with van der Waals surface area (Å²) >= 11 is 0. The molecule has 2 aromatic heterocycles. The van der Waals surface area contributed by atoms with E-state index in [1.54, 1.807) is 0 Å². The minimum absolute atomic E-state index is 0.816. The van der Waals surface area contributed by atoms with Crippen molar-refractivity contribution in [1.29, 1.82) is 0 Å². The van der Waals surface area contributed by atoms with Crippen LogP contribution in [0.15, 0.2) is 36.8 Å². The second kappa shape index (κ2) is 6.15. The average molecular weight is 230 g/mol. The standard InChI is InChI=1S/C13H18N4/c1-2-13-16-8-10-17(13)9-7-14-11-12-5-3-4-6-15-12/h3-6,8,10,14H,2,7,9,11H2,1H3. The van der Waals surface area contributed by atoms with Crippen molar-refractivity contribution in [2.45, 2.75) is 26.4 Å². The van der Waals surface area contributed by atoms with Gasteiger partial charge in [-0.25, -0.2) is 4.98 Å². The SMILES string of the molecule is CCc1nccn1CCNCc1ccccn1. The highest BCUT2D eigenvalue weighted by atomic mass is 15.1. The number of rotatable bonds is 6. The first-order chi connectivity index (χ1) is 8.40. The van der Waals surface area contributed by atoms with Crippen LogP contribution in [-0.4, -0.2) is 21.1 Å². The molecule has 0 aliphatic rings. The van der Waals surface area contributed by atoms with Gasteiger partial charge in [0, 0.05) is 44.6 Å². The van der Waals surface area contributed by atoms with Gasteiger partial charge in [0.2, 0.25) is 0 Å². The van der Waals surface area contributed by atoms with E-state index in [0.717, 1.165) is 37.6 Å². The lowest BCUT2D eigenvalue weighted by molar-refractivity contribution is 0.576. The maximum absolute atomic E-state index is 4.29. The number of nitrogens with one attached hydrogen (secondary N) is 1. The molecule has 0 unspecified atom stereocenters. The van der Waals surface area contributed by atoms with Gasteiger partial charge in [0.05, 0.1) is 5.69 Å². The van der Waals surface area contributed by atoms with E-state index in [0.29, 0.717) is 0 Å². The Kier molecular flexibility index (Phi) is 4.27. The molecule has 4 heteroatoms. The van der Waals surface area contributed by atoms with Gasteiger partial charge in [0.15, 0.2) is 0 Å². The first-order valence-corrected chi connectivity index (χ1v) is 6.00. The van der Waals surface area contributed by atoms with Crippen molar-refractivity contribution in [3.8, 4) is 0 Å². The Hall–Kier alpha value is -1.68. The van der Waals surface area contributed by atoms with E-state index in [1.165, 1.54) is 0 Å². The van der Waals surface area contributed by atoms with Crippen LogP contribution in [-0.2, 0) is 19.5 Å². The Morgan fingerprint density at radius 3 is 2.94 bits per heavy atom. The van der Waals surface area contributed by atoms with Crippen LogP contribution in [0, 0.1) is 0 Å². The molecule has 2 aromatic rings. The molecule has 17 heavy (non-hydrogen) atoms. The van der Waals surface area contributed by atoms with Crippen LogP contribution in [0.2, 0.25) is 0 Å². The molecule has 0 aliphatic heterocycles. The zero-order valence-corrected chi connectivity index (χ0v) is 10.1. The Bertz CT molecular complexity index is 436. The van der Waals surface area contributed by atoms with Crippen molar-refractivity contribution < 1.29 is 0 Å². The first-order valence-electron chi connectivity index (χ1n) is 6.00. The molecule has 0 aliphatic carbocycles. The predicted octanol–water partition coefficient (Wildman–Crippen LogP) is 1.63. The first kappa shape index (κ1) is 11.8. The van der Waals surface area contributed by atoms with Gasteiger partial charge in [-0.3, -0.25) is 4.98 Å². The van der Waals surface area contributed by atoms with Gasteiger partial charge in [0.25, 0.3) is 0 Å². The second-order valence-corrected chi connectivity index (χ2v) is 3.89. The third-order valence-electron chi connectivity index (χ3n) is 2.68. The van der Waals surface area contributed by atoms with Gasteiger partial charge in [-0.15, -0.1) is 0 Å². The normalized spacial score (nSPS) is 10.6. The minimum Gasteiger partial charge on any atom is -0.334 e. The van der Waals surface area contributed by atoms with Crippen LogP contribution in [0.3, 0.4) is 0 Å². The van der Waals surface area contributed by atoms with Gasteiger partial charge in [-0.2, -0.15) is 0 Å². The lowest BCUT2D eigenvalue weighted by atomic mass is 10.3. The van der Waals surface area contributed by atoms with E-state index in [4.69, 9.17) is 0 Å². The topological polar surface area (TPSA) is 42.7 Å². The summed E-state index contributed by atoms with van der Waals surface area (Å²) in [5.74, 6) is 1.14. The second-order valence-electron chi connectivity index (χ2n) is 3.89. The predicted molar refractivity (Wildman–Crippen MR) is 67.5 cm³/mol. The molecule has 0 atom stereocenters. The number of hydrogen-bond donors (Lipinski definition) is 1. The smallest absolute Gasteiger partial charge is 0.108 e. The number of aromatic nitrogens is 3. The fourth-order valence-electron chi connectivity index (χ4n) is 1.78. The molecular formula is C13H18N4. The van der Waals surface area contributed by atoms with Crippen LogP contribution in [0.25, 0.3) is 0 Å². The maximum atomic E-state index is 4.29. The third kappa shape index (κ3) is 3.39. The Morgan fingerprint density at radius 1 is 1.24 bits per heavy atom. The zero-order valence-electron chi connectivity index (χ0n) is 10.1. The minimum atomic E-state index is 0.816. The largest absolute Gasteiger partial charge is 0.334 e. The summed E-state index contributed by atoms with van der Waals surface area (Å²) in [7, 11) is 0. The average Bonchev–Trinajstić information content (AvgIpc) is 2.83. The van der Waals surface area contributed by atoms with E-state index < -0.39 is 0 Å². The van der Waals surface area contributed by atoms with Crippen LogP contribution in [0.4, 0.5) is 0 Å². The summed E-state index contributed by atoms with van der Waals surface area (Å²) in [5, 5.41) is 3.38. The van der Waals surface area contributed by atoms with E-state index in [-0.39, 0.29) is 0 Å². The van der Waals surface area contributed by atoms with Crippen molar-refractivity contribution in [3.63, 3.8) is 0 Å². The molecule has 0 saturated heterocycles. The quantitative estimate of drug-likeness (QED) is 0.767. The molecule has 0 bridgehead atoms. The fraction of sp³-hybridized carbons (Fsp3) is 0.385. The Balaban J connectivity index is 1.73. The number of imidazole rings is 1. The lowest BCUT2D eigenvalue weighted by Gasteiger charge is -2.07. The van der Waals surface area contributed by atoms with Crippen LogP contribution in [0.1, 0.15) is 18.4 Å². The molecule has 0 radical (unpaired) electrons. The highest BCUT2D eigenvalue weighted by molar-refractivity contribution is 5.02. The van der Waals surface area contributed by atoms with E-state index in [9.17, 15) is 0 Å². The number of aryl methyl sites for hydroxylation is 1. The number of nitrogens with zero attached hydrogens (tertiary/aromatic N) is 3. The zero-order chi connectivity index (χ0) is 11.9. The summed E-state index contributed by atoms with van der Waals surface area (Å²) in [6.45, 7) is 4.83. The summed E-state index contributed by atoms with van der Waals surface area (Å²) in [5.41, 5.74) is 1.08. The van der Waals surface area contributed by atoms with Crippen molar-refractivity contribution in [2.24, 2.45) is 0 Å². The van der Waals surface area contributed by atoms with Crippen LogP contribution >= 0.6 is 0 Å². The van der Waals surface area contributed by atoms with Crippen LogP contribution in [0.5, 0.6) is 0 Å². The number of hydrogen-bond acceptors (Lipinski definition) is 3. The molecule has 4 nitrogen and oxygen atoms in total. The highest BCUT2D eigenvalue weighted by Gasteiger charge is 1.99. The van der Waals surface area contributed by atoms with Crippen molar-refractivity contribution in [2.75, 3.05) is 6.54 Å². The summed E-state index contributed by atoms with van der Waals surface area (Å²) < 4.78 is 2.19. The molecule has 0 aromatic carbocycles. The Labute approximate surface area is 102 Å². The molecule has 90 valence electrons. The molecule has 0 fully saturated rings. The van der Waals surface area contributed by atoms with Gasteiger partial charge in [-0.1, -0.05) is 13.0 Å². The molecule has 2 heterocycles. The molecular weight excluding hydrogens is 212 g/mol. The van der Waals surface area contributed by atoms with Gasteiger partial charge in [0.1, 0.15) is 5.82 Å². The monoisotopic (exact) mass is 230 g/mol. The van der Waals surface area contributed by atoms with Crippen LogP contribution < -0.4 is 5.32 Å². The molecule has 2 rings (SSSR count). The van der Waals surface area contributed by atoms with Gasteiger partial charge < -0.3 is 9.88 Å². The fourth-order valence-corrected chi connectivity index (χ4v) is 1.78. The van der Waals surface area contributed by atoms with Crippen molar-refractivity contribution in [3.05, 3.63) is 48.3 Å². The molecule has 1 N–H and O–H groups in total. The summed E-state index contributed by atoms with van der Waals surface area (Å²) in [4.78, 5) is 8.56. The Morgan fingerprint density at radius 2 is 2.18 bits per heavy atom. The summed E-state index contributed by atoms with van der Waals surface area (Å²) in [6, 6.07) is 5.97. The van der Waals surface area contributed by atoms with E-state index in [1.807, 2.05) is 36.8 Å². The van der Waals surface area contributed by atoms with E-state index >= 15 is 0 Å². The summed E-state index contributed by atoms with van der Waals surface area (Å²) in [6.07, 6.45) is 6.69. The highest BCUT2D eigenvalue weighted by Crippen LogP contribution is 1.97. The third-order valence-corrected chi connectivity index (χ3v) is 2.68. The van der Waals surface area contributed by atoms with Gasteiger partial charge in [-0.05, 0) is 12.1 Å². The van der Waals surface area contributed by atoms with Crippen molar-refractivity contribution in [1.82, 2.24) is 19.9 Å².